The molecule has 0 aliphatic heterocycles. The van der Waals surface area contributed by atoms with Crippen LogP contribution in [0.2, 0.25) is 0 Å². The first kappa shape index (κ1) is 13.3. The second-order valence-electron chi connectivity index (χ2n) is 4.37. The Morgan fingerprint density at radius 3 is 2.84 bits per heavy atom. The summed E-state index contributed by atoms with van der Waals surface area (Å²) in [6, 6.07) is 9.05. The molecule has 100 valence electrons. The average Bonchev–Trinajstić information content (AvgIpc) is 2.81. The van der Waals surface area contributed by atoms with Gasteiger partial charge in [0, 0.05) is 19.8 Å². The van der Waals surface area contributed by atoms with Crippen LogP contribution in [0.4, 0.5) is 0 Å². The van der Waals surface area contributed by atoms with Crippen LogP contribution >= 0.6 is 0 Å². The van der Waals surface area contributed by atoms with Crippen molar-refractivity contribution in [3.8, 4) is 0 Å². The standard InChI is InChI=1S/C14H17N3O2/c1-17-9-7-12(16-17)10-15-8-6-11-4-2-3-5-13(11)14(18)19/h2-5,7,9,15H,6,8,10H2,1H3,(H,18,19). The zero-order valence-electron chi connectivity index (χ0n) is 10.8. The van der Waals surface area contributed by atoms with E-state index in [1.165, 1.54) is 0 Å². The monoisotopic (exact) mass is 259 g/mol. The average molecular weight is 259 g/mol. The molecule has 0 amide bonds. The van der Waals surface area contributed by atoms with E-state index in [4.69, 9.17) is 5.11 Å². The van der Waals surface area contributed by atoms with Gasteiger partial charge in [-0.15, -0.1) is 0 Å². The van der Waals surface area contributed by atoms with E-state index in [0.717, 1.165) is 17.8 Å². The molecule has 0 unspecified atom stereocenters. The topological polar surface area (TPSA) is 67.2 Å². The number of aryl methyl sites for hydroxylation is 1. The summed E-state index contributed by atoms with van der Waals surface area (Å²) in [5.41, 5.74) is 2.21. The van der Waals surface area contributed by atoms with Gasteiger partial charge in [0.1, 0.15) is 0 Å². The summed E-state index contributed by atoms with van der Waals surface area (Å²) in [4.78, 5) is 11.0. The number of benzene rings is 1. The molecule has 0 bridgehead atoms. The van der Waals surface area contributed by atoms with Crippen LogP contribution in [0.25, 0.3) is 0 Å². The van der Waals surface area contributed by atoms with E-state index in [1.54, 1.807) is 16.8 Å². The van der Waals surface area contributed by atoms with Gasteiger partial charge in [-0.05, 0) is 30.7 Å². The fourth-order valence-corrected chi connectivity index (χ4v) is 1.94. The predicted molar refractivity (Wildman–Crippen MR) is 72.0 cm³/mol. The van der Waals surface area contributed by atoms with Crippen molar-refractivity contribution < 1.29 is 9.90 Å². The SMILES string of the molecule is Cn1ccc(CNCCc2ccccc2C(=O)O)n1. The molecule has 2 rings (SSSR count). The number of hydrogen-bond donors (Lipinski definition) is 2. The molecular weight excluding hydrogens is 242 g/mol. The Hall–Kier alpha value is -2.14. The summed E-state index contributed by atoms with van der Waals surface area (Å²) in [7, 11) is 1.88. The number of carboxylic acids is 1. The van der Waals surface area contributed by atoms with Crippen LogP contribution in [-0.4, -0.2) is 27.4 Å². The molecule has 1 heterocycles. The van der Waals surface area contributed by atoms with Gasteiger partial charge < -0.3 is 10.4 Å². The highest BCUT2D eigenvalue weighted by Gasteiger charge is 2.08. The predicted octanol–water partition coefficient (Wildman–Crippen LogP) is 1.45. The Kier molecular flexibility index (Phi) is 4.30. The summed E-state index contributed by atoms with van der Waals surface area (Å²) in [6.07, 6.45) is 2.59. The quantitative estimate of drug-likeness (QED) is 0.771. The first-order valence-electron chi connectivity index (χ1n) is 6.17. The molecular formula is C14H17N3O2. The smallest absolute Gasteiger partial charge is 0.335 e. The van der Waals surface area contributed by atoms with Gasteiger partial charge in [0.2, 0.25) is 0 Å². The molecule has 2 aromatic rings. The maximum absolute atomic E-state index is 11.0. The molecule has 0 radical (unpaired) electrons. The van der Waals surface area contributed by atoms with Crippen molar-refractivity contribution in [2.75, 3.05) is 6.54 Å². The van der Waals surface area contributed by atoms with Gasteiger partial charge in [-0.25, -0.2) is 4.79 Å². The van der Waals surface area contributed by atoms with Gasteiger partial charge in [-0.2, -0.15) is 5.10 Å². The molecule has 0 fully saturated rings. The molecule has 5 nitrogen and oxygen atoms in total. The summed E-state index contributed by atoms with van der Waals surface area (Å²) >= 11 is 0. The highest BCUT2D eigenvalue weighted by Crippen LogP contribution is 2.09. The maximum atomic E-state index is 11.0. The molecule has 0 aliphatic carbocycles. The number of aromatic carboxylic acids is 1. The number of rotatable bonds is 6. The third-order valence-corrected chi connectivity index (χ3v) is 2.89. The van der Waals surface area contributed by atoms with Gasteiger partial charge in [0.05, 0.1) is 11.3 Å². The molecule has 0 saturated carbocycles. The van der Waals surface area contributed by atoms with Crippen molar-refractivity contribution in [2.24, 2.45) is 7.05 Å². The molecule has 1 aromatic carbocycles. The fraction of sp³-hybridized carbons (Fsp3) is 0.286. The van der Waals surface area contributed by atoms with Crippen LogP contribution in [0, 0.1) is 0 Å². The van der Waals surface area contributed by atoms with E-state index in [0.29, 0.717) is 18.5 Å². The maximum Gasteiger partial charge on any atom is 0.335 e. The molecule has 2 N–H and O–H groups in total. The van der Waals surface area contributed by atoms with Crippen LogP contribution in [0.3, 0.4) is 0 Å². The van der Waals surface area contributed by atoms with E-state index >= 15 is 0 Å². The second kappa shape index (κ2) is 6.15. The summed E-state index contributed by atoms with van der Waals surface area (Å²) < 4.78 is 1.76. The Labute approximate surface area is 111 Å². The number of nitrogens with one attached hydrogen (secondary N) is 1. The van der Waals surface area contributed by atoms with E-state index in [-0.39, 0.29) is 0 Å². The van der Waals surface area contributed by atoms with Crippen LogP contribution < -0.4 is 5.32 Å². The van der Waals surface area contributed by atoms with E-state index < -0.39 is 5.97 Å². The third kappa shape index (κ3) is 3.66. The molecule has 5 heteroatoms. The van der Waals surface area contributed by atoms with Crippen LogP contribution in [0.1, 0.15) is 21.6 Å². The van der Waals surface area contributed by atoms with Gasteiger partial charge in [-0.3, -0.25) is 4.68 Å². The van der Waals surface area contributed by atoms with Gasteiger partial charge in [0.25, 0.3) is 0 Å². The fourth-order valence-electron chi connectivity index (χ4n) is 1.94. The third-order valence-electron chi connectivity index (χ3n) is 2.89. The highest BCUT2D eigenvalue weighted by molar-refractivity contribution is 5.89. The normalized spacial score (nSPS) is 10.6. The summed E-state index contributed by atoms with van der Waals surface area (Å²) in [5, 5.41) is 16.6. The number of hydrogen-bond acceptors (Lipinski definition) is 3. The van der Waals surface area contributed by atoms with Crippen molar-refractivity contribution in [1.82, 2.24) is 15.1 Å². The second-order valence-corrected chi connectivity index (χ2v) is 4.37. The minimum absolute atomic E-state index is 0.377. The Morgan fingerprint density at radius 2 is 2.16 bits per heavy atom. The van der Waals surface area contributed by atoms with Crippen molar-refractivity contribution in [1.29, 1.82) is 0 Å². The van der Waals surface area contributed by atoms with E-state index in [1.807, 2.05) is 31.4 Å². The Bertz CT molecular complexity index is 563. The largest absolute Gasteiger partial charge is 0.478 e. The Morgan fingerprint density at radius 1 is 1.37 bits per heavy atom. The highest BCUT2D eigenvalue weighted by atomic mass is 16.4. The minimum atomic E-state index is -0.875. The van der Waals surface area contributed by atoms with E-state index in [2.05, 4.69) is 10.4 Å². The first-order chi connectivity index (χ1) is 9.16. The van der Waals surface area contributed by atoms with Crippen molar-refractivity contribution in [3.63, 3.8) is 0 Å². The van der Waals surface area contributed by atoms with Crippen LogP contribution in [0.5, 0.6) is 0 Å². The number of nitrogens with zero attached hydrogens (tertiary/aromatic N) is 2. The summed E-state index contributed by atoms with van der Waals surface area (Å²) in [6.45, 7) is 1.41. The van der Waals surface area contributed by atoms with Crippen LogP contribution in [-0.2, 0) is 20.0 Å². The zero-order valence-corrected chi connectivity index (χ0v) is 10.8. The Balaban J connectivity index is 1.84. The summed E-state index contributed by atoms with van der Waals surface area (Å²) in [5.74, 6) is -0.875. The molecule has 0 aliphatic rings. The van der Waals surface area contributed by atoms with Gasteiger partial charge in [-0.1, -0.05) is 18.2 Å². The molecule has 19 heavy (non-hydrogen) atoms. The molecule has 0 spiro atoms. The lowest BCUT2D eigenvalue weighted by molar-refractivity contribution is 0.0695. The molecule has 0 atom stereocenters. The van der Waals surface area contributed by atoms with Gasteiger partial charge >= 0.3 is 5.97 Å². The van der Waals surface area contributed by atoms with Crippen molar-refractivity contribution >= 4 is 5.97 Å². The van der Waals surface area contributed by atoms with Crippen molar-refractivity contribution in [2.45, 2.75) is 13.0 Å². The first-order valence-corrected chi connectivity index (χ1v) is 6.17. The molecule has 1 aromatic heterocycles. The lowest BCUT2D eigenvalue weighted by Crippen LogP contribution is -2.18. The number of carbonyl (C=O) groups is 1. The van der Waals surface area contributed by atoms with Gasteiger partial charge in [0.15, 0.2) is 0 Å². The number of carboxylic acid groups (broad SMARTS) is 1. The molecule has 0 saturated heterocycles. The lowest BCUT2D eigenvalue weighted by atomic mass is 10.0. The van der Waals surface area contributed by atoms with Crippen LogP contribution in [0.15, 0.2) is 36.5 Å². The minimum Gasteiger partial charge on any atom is -0.478 e. The van der Waals surface area contributed by atoms with Crippen molar-refractivity contribution in [3.05, 3.63) is 53.3 Å². The van der Waals surface area contributed by atoms with E-state index in [9.17, 15) is 4.79 Å². The lowest BCUT2D eigenvalue weighted by Gasteiger charge is -2.06. The zero-order chi connectivity index (χ0) is 13.7. The number of aromatic nitrogens is 2.